The van der Waals surface area contributed by atoms with Crippen molar-refractivity contribution in [3.63, 3.8) is 0 Å². The first-order valence-electron chi connectivity index (χ1n) is 11.6. The van der Waals surface area contributed by atoms with Crippen LogP contribution in [0.15, 0.2) is 0 Å². The van der Waals surface area contributed by atoms with Crippen LogP contribution in [0.25, 0.3) is 0 Å². The van der Waals surface area contributed by atoms with Gasteiger partial charge in [-0.15, -0.1) is 0 Å². The van der Waals surface area contributed by atoms with Crippen molar-refractivity contribution in [2.75, 3.05) is 0 Å². The predicted molar refractivity (Wildman–Crippen MR) is 109 cm³/mol. The van der Waals surface area contributed by atoms with Crippen LogP contribution >= 0.6 is 0 Å². The van der Waals surface area contributed by atoms with E-state index >= 15 is 0 Å². The molecule has 0 heterocycles. The summed E-state index contributed by atoms with van der Waals surface area (Å²) in [5.41, 5.74) is -1.08. The number of ether oxygens (including phenoxy) is 1. The van der Waals surface area contributed by atoms with Gasteiger partial charge in [-0.3, -0.25) is 14.8 Å². The van der Waals surface area contributed by atoms with Crippen LogP contribution in [-0.2, 0) is 19.2 Å². The summed E-state index contributed by atoms with van der Waals surface area (Å²) in [6.07, 6.45) is 8.47. The molecule has 0 radical (unpaired) electrons. The van der Waals surface area contributed by atoms with Gasteiger partial charge in [0, 0.05) is 12.3 Å². The molecular weight excluding hydrogens is 368 g/mol. The predicted octanol–water partition coefficient (Wildman–Crippen LogP) is 5.02. The molecule has 5 heteroatoms. The standard InChI is InChI=1S/C24H38O5/c1-14-12-21-19-7-6-17-13-18(28-16(3)26)8-10-22(17,4)20(19)9-11-23(21,5)24(14,29-27)15(2)25/h14,17-21,27H,6-13H2,1-5H3/t14-,17+,18+,19-,20+,21+,22+,23+,24+/m1/s1. The van der Waals surface area contributed by atoms with Crippen LogP contribution in [-0.4, -0.2) is 28.7 Å². The first-order chi connectivity index (χ1) is 13.6. The number of fused-ring (bicyclic) bond motifs is 5. The van der Waals surface area contributed by atoms with Crippen molar-refractivity contribution in [1.29, 1.82) is 0 Å². The number of hydrogen-bond acceptors (Lipinski definition) is 5. The number of rotatable bonds is 3. The molecular formula is C24H38O5. The Labute approximate surface area is 174 Å². The first kappa shape index (κ1) is 21.3. The van der Waals surface area contributed by atoms with Crippen molar-refractivity contribution >= 4 is 11.8 Å². The minimum absolute atomic E-state index is 0.0299. The van der Waals surface area contributed by atoms with Crippen molar-refractivity contribution in [1.82, 2.24) is 0 Å². The van der Waals surface area contributed by atoms with Gasteiger partial charge in [-0.05, 0) is 93.3 Å². The van der Waals surface area contributed by atoms with Crippen LogP contribution in [0.4, 0.5) is 0 Å². The van der Waals surface area contributed by atoms with E-state index < -0.39 is 5.60 Å². The Hall–Kier alpha value is -0.940. The molecule has 1 N–H and O–H groups in total. The summed E-state index contributed by atoms with van der Waals surface area (Å²) in [7, 11) is 0. The quantitative estimate of drug-likeness (QED) is 0.404. The van der Waals surface area contributed by atoms with E-state index in [1.165, 1.54) is 19.8 Å². The van der Waals surface area contributed by atoms with Crippen LogP contribution < -0.4 is 0 Å². The largest absolute Gasteiger partial charge is 0.463 e. The summed E-state index contributed by atoms with van der Waals surface area (Å²) < 4.78 is 5.57. The van der Waals surface area contributed by atoms with Gasteiger partial charge < -0.3 is 4.74 Å². The van der Waals surface area contributed by atoms with Crippen molar-refractivity contribution < 1.29 is 24.5 Å². The van der Waals surface area contributed by atoms with E-state index in [-0.39, 0.29) is 34.6 Å². The molecule has 29 heavy (non-hydrogen) atoms. The number of ketones is 1. The first-order valence-corrected chi connectivity index (χ1v) is 11.6. The van der Waals surface area contributed by atoms with E-state index in [0.717, 1.165) is 38.5 Å². The molecule has 0 unspecified atom stereocenters. The van der Waals surface area contributed by atoms with Crippen molar-refractivity contribution in [2.24, 2.45) is 40.4 Å². The molecule has 5 nitrogen and oxygen atoms in total. The zero-order valence-electron chi connectivity index (χ0n) is 18.7. The van der Waals surface area contributed by atoms with Crippen molar-refractivity contribution in [2.45, 2.75) is 97.7 Å². The summed E-state index contributed by atoms with van der Waals surface area (Å²) in [5.74, 6) is 2.09. The van der Waals surface area contributed by atoms with Crippen molar-refractivity contribution in [3.8, 4) is 0 Å². The average Bonchev–Trinajstić information content (AvgIpc) is 2.88. The highest BCUT2D eigenvalue weighted by atomic mass is 17.1. The SMILES string of the molecule is CC(=O)O[C@H]1CC[C@@]2(C)[C@@H](CC[C@@H]3[C@@H]2CC[C@@]2(C)[C@H]3C[C@@H](C)[C@]2(OO)C(C)=O)C1. The zero-order valence-corrected chi connectivity index (χ0v) is 18.7. The molecule has 0 bridgehead atoms. The molecule has 0 spiro atoms. The molecule has 0 amide bonds. The Kier molecular flexibility index (Phi) is 5.18. The van der Waals surface area contributed by atoms with Crippen LogP contribution in [0, 0.1) is 40.4 Å². The van der Waals surface area contributed by atoms with Gasteiger partial charge >= 0.3 is 5.97 Å². The third-order valence-electron chi connectivity index (χ3n) is 10.2. The summed E-state index contributed by atoms with van der Waals surface area (Å²) in [6.45, 7) is 9.84. The third kappa shape index (κ3) is 2.79. The molecule has 4 rings (SSSR count). The highest BCUT2D eigenvalue weighted by molar-refractivity contribution is 5.87. The summed E-state index contributed by atoms with van der Waals surface area (Å²) in [6, 6.07) is 0. The molecule has 4 aliphatic carbocycles. The van der Waals surface area contributed by atoms with Crippen LogP contribution in [0.2, 0.25) is 0 Å². The topological polar surface area (TPSA) is 72.8 Å². The Bertz CT molecular complexity index is 691. The molecule has 9 atom stereocenters. The Morgan fingerprint density at radius 3 is 2.31 bits per heavy atom. The van der Waals surface area contributed by atoms with Gasteiger partial charge in [0.1, 0.15) is 6.10 Å². The Morgan fingerprint density at radius 1 is 0.966 bits per heavy atom. The lowest BCUT2D eigenvalue weighted by molar-refractivity contribution is -0.348. The number of carbonyl (C=O) groups excluding carboxylic acids is 2. The summed E-state index contributed by atoms with van der Waals surface area (Å²) >= 11 is 0. The number of esters is 1. The molecule has 0 aromatic carbocycles. The maximum absolute atomic E-state index is 12.7. The molecule has 0 aliphatic heterocycles. The van der Waals surface area contributed by atoms with Gasteiger partial charge in [-0.25, -0.2) is 4.89 Å². The fraction of sp³-hybridized carbons (Fsp3) is 0.917. The highest BCUT2D eigenvalue weighted by Gasteiger charge is 2.70. The van der Waals surface area contributed by atoms with E-state index in [9.17, 15) is 14.8 Å². The molecule has 4 aliphatic rings. The number of hydrogen-bond donors (Lipinski definition) is 1. The number of carbonyl (C=O) groups is 2. The molecule has 0 aromatic heterocycles. The lowest BCUT2D eigenvalue weighted by Gasteiger charge is -2.61. The van der Waals surface area contributed by atoms with Crippen molar-refractivity contribution in [3.05, 3.63) is 0 Å². The van der Waals surface area contributed by atoms with Gasteiger partial charge in [-0.2, -0.15) is 0 Å². The maximum Gasteiger partial charge on any atom is 0.302 e. The third-order valence-corrected chi connectivity index (χ3v) is 10.2. The monoisotopic (exact) mass is 406 g/mol. The van der Waals surface area contributed by atoms with Gasteiger partial charge in [0.2, 0.25) is 0 Å². The summed E-state index contributed by atoms with van der Waals surface area (Å²) in [4.78, 5) is 29.3. The van der Waals surface area contributed by atoms with Crippen LogP contribution in [0.1, 0.15) is 86.0 Å². The molecule has 4 saturated carbocycles. The average molecular weight is 407 g/mol. The van der Waals surface area contributed by atoms with E-state index in [2.05, 4.69) is 20.8 Å². The Balaban J connectivity index is 1.60. The lowest BCUT2D eigenvalue weighted by Crippen LogP contribution is -2.60. The Morgan fingerprint density at radius 2 is 1.69 bits per heavy atom. The lowest BCUT2D eigenvalue weighted by atomic mass is 9.44. The normalized spacial score (nSPS) is 51.5. The van der Waals surface area contributed by atoms with E-state index in [0.29, 0.717) is 23.7 Å². The second-order valence-electron chi connectivity index (χ2n) is 11.1. The fourth-order valence-corrected chi connectivity index (χ4v) is 8.89. The zero-order chi connectivity index (χ0) is 21.2. The number of Topliss-reactive ketones (excluding diaryl/α,β-unsaturated/α-hetero) is 1. The van der Waals surface area contributed by atoms with Crippen LogP contribution in [0.5, 0.6) is 0 Å². The second kappa shape index (κ2) is 7.05. The molecule has 0 saturated heterocycles. The minimum Gasteiger partial charge on any atom is -0.463 e. The fourth-order valence-electron chi connectivity index (χ4n) is 8.89. The summed E-state index contributed by atoms with van der Waals surface area (Å²) in [5, 5.41) is 9.93. The van der Waals surface area contributed by atoms with E-state index in [1.807, 2.05) is 0 Å². The van der Waals surface area contributed by atoms with E-state index in [4.69, 9.17) is 9.62 Å². The second-order valence-corrected chi connectivity index (χ2v) is 11.1. The van der Waals surface area contributed by atoms with E-state index in [1.54, 1.807) is 6.92 Å². The smallest absolute Gasteiger partial charge is 0.302 e. The molecule has 0 aromatic rings. The highest BCUT2D eigenvalue weighted by Crippen LogP contribution is 2.70. The molecule has 4 fully saturated rings. The van der Waals surface area contributed by atoms with Gasteiger partial charge in [-0.1, -0.05) is 20.8 Å². The minimum atomic E-state index is -1.06. The molecule has 164 valence electrons. The maximum atomic E-state index is 12.7. The van der Waals surface area contributed by atoms with Gasteiger partial charge in [0.15, 0.2) is 11.4 Å². The van der Waals surface area contributed by atoms with Crippen LogP contribution in [0.3, 0.4) is 0 Å². The van der Waals surface area contributed by atoms with Gasteiger partial charge in [0.05, 0.1) is 0 Å². The van der Waals surface area contributed by atoms with Gasteiger partial charge in [0.25, 0.3) is 0 Å².